The van der Waals surface area contributed by atoms with Crippen molar-refractivity contribution in [2.45, 2.75) is 20.5 Å². The summed E-state index contributed by atoms with van der Waals surface area (Å²) in [6.45, 7) is 3.56. The Balaban J connectivity index is 2.13. The van der Waals surface area contributed by atoms with Crippen LogP contribution in [0.5, 0.6) is 0 Å². The molecular formula is C14H15NO3. The van der Waals surface area contributed by atoms with Crippen LogP contribution >= 0.6 is 0 Å². The number of hydrogen-bond acceptors (Lipinski definition) is 3. The van der Waals surface area contributed by atoms with Gasteiger partial charge in [-0.05, 0) is 37.6 Å². The number of aliphatic hydroxyl groups is 1. The quantitative estimate of drug-likeness (QED) is 0.873. The molecule has 1 amide bonds. The first-order valence-electron chi connectivity index (χ1n) is 5.68. The van der Waals surface area contributed by atoms with E-state index < -0.39 is 0 Å². The summed E-state index contributed by atoms with van der Waals surface area (Å²) in [5, 5.41) is 11.7. The molecule has 0 saturated carbocycles. The van der Waals surface area contributed by atoms with E-state index in [1.807, 2.05) is 0 Å². The highest BCUT2D eigenvalue weighted by Crippen LogP contribution is 2.16. The van der Waals surface area contributed by atoms with Gasteiger partial charge in [-0.3, -0.25) is 4.79 Å². The molecule has 1 aromatic carbocycles. The second-order valence-electron chi connectivity index (χ2n) is 4.14. The van der Waals surface area contributed by atoms with Crippen molar-refractivity contribution in [3.8, 4) is 0 Å². The lowest BCUT2D eigenvalue weighted by atomic mass is 10.2. The SMILES string of the molecule is Cc1cc(C(=O)Nc2ccc(CO)cc2)c(C)o1. The molecule has 0 aliphatic heterocycles. The van der Waals surface area contributed by atoms with Gasteiger partial charge in [-0.15, -0.1) is 0 Å². The first-order chi connectivity index (χ1) is 8.60. The van der Waals surface area contributed by atoms with E-state index in [4.69, 9.17) is 9.52 Å². The maximum Gasteiger partial charge on any atom is 0.259 e. The smallest absolute Gasteiger partial charge is 0.259 e. The van der Waals surface area contributed by atoms with Gasteiger partial charge in [-0.25, -0.2) is 0 Å². The molecule has 2 rings (SSSR count). The Morgan fingerprint density at radius 2 is 1.94 bits per heavy atom. The number of aryl methyl sites for hydroxylation is 2. The summed E-state index contributed by atoms with van der Waals surface area (Å²) in [7, 11) is 0. The van der Waals surface area contributed by atoms with Crippen molar-refractivity contribution in [2.75, 3.05) is 5.32 Å². The molecule has 0 fully saturated rings. The Bertz CT molecular complexity index is 555. The van der Waals surface area contributed by atoms with Gasteiger partial charge in [0.15, 0.2) is 0 Å². The lowest BCUT2D eigenvalue weighted by Crippen LogP contribution is -2.12. The highest BCUT2D eigenvalue weighted by molar-refractivity contribution is 6.05. The monoisotopic (exact) mass is 245 g/mol. The predicted molar refractivity (Wildman–Crippen MR) is 68.5 cm³/mol. The predicted octanol–water partition coefficient (Wildman–Crippen LogP) is 2.64. The average molecular weight is 245 g/mol. The van der Waals surface area contributed by atoms with Gasteiger partial charge in [-0.1, -0.05) is 12.1 Å². The van der Waals surface area contributed by atoms with E-state index in [1.165, 1.54) is 0 Å². The first-order valence-corrected chi connectivity index (χ1v) is 5.68. The summed E-state index contributed by atoms with van der Waals surface area (Å²) in [5.74, 6) is 1.13. The maximum atomic E-state index is 12.0. The van der Waals surface area contributed by atoms with Crippen LogP contribution < -0.4 is 5.32 Å². The van der Waals surface area contributed by atoms with Crippen LogP contribution in [0, 0.1) is 13.8 Å². The molecule has 94 valence electrons. The molecule has 1 aromatic heterocycles. The fourth-order valence-corrected chi connectivity index (χ4v) is 1.75. The van der Waals surface area contributed by atoms with Crippen molar-refractivity contribution >= 4 is 11.6 Å². The third-order valence-corrected chi connectivity index (χ3v) is 2.68. The second-order valence-corrected chi connectivity index (χ2v) is 4.14. The minimum atomic E-state index is -0.193. The molecule has 0 saturated heterocycles. The van der Waals surface area contributed by atoms with Crippen molar-refractivity contribution in [2.24, 2.45) is 0 Å². The van der Waals surface area contributed by atoms with Gasteiger partial charge in [0.25, 0.3) is 5.91 Å². The lowest BCUT2D eigenvalue weighted by Gasteiger charge is -2.04. The first kappa shape index (κ1) is 12.4. The number of benzene rings is 1. The van der Waals surface area contributed by atoms with E-state index in [9.17, 15) is 4.79 Å². The summed E-state index contributed by atoms with van der Waals surface area (Å²) in [6, 6.07) is 8.76. The van der Waals surface area contributed by atoms with E-state index in [-0.39, 0.29) is 12.5 Å². The van der Waals surface area contributed by atoms with E-state index >= 15 is 0 Å². The zero-order valence-electron chi connectivity index (χ0n) is 10.4. The standard InChI is InChI=1S/C14H15NO3/c1-9-7-13(10(2)18-9)14(17)15-12-5-3-11(8-16)4-6-12/h3-7,16H,8H2,1-2H3,(H,15,17). The Kier molecular flexibility index (Phi) is 3.48. The Morgan fingerprint density at radius 1 is 1.28 bits per heavy atom. The third-order valence-electron chi connectivity index (χ3n) is 2.68. The van der Waals surface area contributed by atoms with Crippen LogP contribution in [0.1, 0.15) is 27.4 Å². The zero-order valence-corrected chi connectivity index (χ0v) is 10.4. The van der Waals surface area contributed by atoms with Crippen LogP contribution in [0.15, 0.2) is 34.7 Å². The van der Waals surface area contributed by atoms with Gasteiger partial charge < -0.3 is 14.8 Å². The number of furan rings is 1. The van der Waals surface area contributed by atoms with Gasteiger partial charge in [0.2, 0.25) is 0 Å². The average Bonchev–Trinajstić information content (AvgIpc) is 2.69. The molecule has 1 heterocycles. The number of hydrogen-bond donors (Lipinski definition) is 2. The molecule has 0 bridgehead atoms. The highest BCUT2D eigenvalue weighted by atomic mass is 16.3. The van der Waals surface area contributed by atoms with Crippen LogP contribution in [0.25, 0.3) is 0 Å². The second kappa shape index (κ2) is 5.06. The molecule has 0 aliphatic carbocycles. The van der Waals surface area contributed by atoms with Crippen LogP contribution in [0.3, 0.4) is 0 Å². The molecule has 0 radical (unpaired) electrons. The molecule has 0 aliphatic rings. The lowest BCUT2D eigenvalue weighted by molar-refractivity contribution is 0.102. The van der Waals surface area contributed by atoms with E-state index in [0.29, 0.717) is 22.8 Å². The van der Waals surface area contributed by atoms with Gasteiger partial charge in [0.1, 0.15) is 11.5 Å². The van der Waals surface area contributed by atoms with Crippen LogP contribution in [-0.4, -0.2) is 11.0 Å². The van der Waals surface area contributed by atoms with Gasteiger partial charge in [0, 0.05) is 5.69 Å². The van der Waals surface area contributed by atoms with Gasteiger partial charge in [0.05, 0.1) is 12.2 Å². The number of amides is 1. The van der Waals surface area contributed by atoms with Gasteiger partial charge in [-0.2, -0.15) is 0 Å². The van der Waals surface area contributed by atoms with Crippen LogP contribution in [-0.2, 0) is 6.61 Å². The van der Waals surface area contributed by atoms with E-state index in [1.54, 1.807) is 44.2 Å². The fourth-order valence-electron chi connectivity index (χ4n) is 1.75. The number of anilines is 1. The highest BCUT2D eigenvalue weighted by Gasteiger charge is 2.13. The summed E-state index contributed by atoms with van der Waals surface area (Å²) >= 11 is 0. The molecule has 0 spiro atoms. The largest absolute Gasteiger partial charge is 0.466 e. The van der Waals surface area contributed by atoms with Crippen molar-refractivity contribution in [1.82, 2.24) is 0 Å². The Labute approximate surface area is 105 Å². The molecular weight excluding hydrogens is 230 g/mol. The van der Waals surface area contributed by atoms with E-state index in [0.717, 1.165) is 5.56 Å². The number of carbonyl (C=O) groups excluding carboxylic acids is 1. The summed E-state index contributed by atoms with van der Waals surface area (Å²) in [5.41, 5.74) is 2.04. The summed E-state index contributed by atoms with van der Waals surface area (Å²) in [6.07, 6.45) is 0. The van der Waals surface area contributed by atoms with Gasteiger partial charge >= 0.3 is 0 Å². The normalized spacial score (nSPS) is 10.4. The molecule has 18 heavy (non-hydrogen) atoms. The number of nitrogens with one attached hydrogen (secondary N) is 1. The summed E-state index contributed by atoms with van der Waals surface area (Å²) < 4.78 is 5.32. The number of aliphatic hydroxyl groups excluding tert-OH is 1. The molecule has 4 nitrogen and oxygen atoms in total. The molecule has 0 atom stereocenters. The van der Waals surface area contributed by atoms with Crippen molar-refractivity contribution in [3.63, 3.8) is 0 Å². The van der Waals surface area contributed by atoms with Crippen LogP contribution in [0.4, 0.5) is 5.69 Å². The van der Waals surface area contributed by atoms with Crippen LogP contribution in [0.2, 0.25) is 0 Å². The minimum Gasteiger partial charge on any atom is -0.466 e. The van der Waals surface area contributed by atoms with E-state index in [2.05, 4.69) is 5.32 Å². The zero-order chi connectivity index (χ0) is 13.1. The topological polar surface area (TPSA) is 62.5 Å². The molecule has 2 aromatic rings. The maximum absolute atomic E-state index is 12.0. The van der Waals surface area contributed by atoms with Crippen molar-refractivity contribution in [3.05, 3.63) is 53.0 Å². The Morgan fingerprint density at radius 3 is 2.44 bits per heavy atom. The van der Waals surface area contributed by atoms with Crippen molar-refractivity contribution < 1.29 is 14.3 Å². The van der Waals surface area contributed by atoms with Crippen molar-refractivity contribution in [1.29, 1.82) is 0 Å². The molecule has 0 unspecified atom stereocenters. The fraction of sp³-hybridized carbons (Fsp3) is 0.214. The molecule has 2 N–H and O–H groups in total. The molecule has 4 heteroatoms. The Hall–Kier alpha value is -2.07. The third kappa shape index (κ3) is 2.60. The number of rotatable bonds is 3. The summed E-state index contributed by atoms with van der Waals surface area (Å²) in [4.78, 5) is 12.0. The minimum absolute atomic E-state index is 0.00569. The number of carbonyl (C=O) groups is 1.